The molecule has 3 aliphatic rings. The molecular formula is C15H28N2. The van der Waals surface area contributed by atoms with Crippen LogP contribution in [-0.4, -0.2) is 35.6 Å². The number of rotatable bonds is 3. The van der Waals surface area contributed by atoms with Gasteiger partial charge in [0, 0.05) is 30.7 Å². The number of hydrogen-bond acceptors (Lipinski definition) is 2. The highest BCUT2D eigenvalue weighted by Gasteiger charge is 2.47. The Labute approximate surface area is 106 Å². The van der Waals surface area contributed by atoms with E-state index in [1.54, 1.807) is 0 Å². The maximum absolute atomic E-state index is 3.87. The molecule has 2 nitrogen and oxygen atoms in total. The Hall–Kier alpha value is -0.0800. The predicted molar refractivity (Wildman–Crippen MR) is 72.2 cm³/mol. The van der Waals surface area contributed by atoms with Crippen LogP contribution < -0.4 is 5.32 Å². The smallest absolute Gasteiger partial charge is 0.0309 e. The molecule has 17 heavy (non-hydrogen) atoms. The van der Waals surface area contributed by atoms with E-state index in [9.17, 15) is 0 Å². The second-order valence-electron chi connectivity index (χ2n) is 6.75. The van der Waals surface area contributed by atoms with Crippen LogP contribution in [-0.2, 0) is 0 Å². The highest BCUT2D eigenvalue weighted by atomic mass is 15.3. The van der Waals surface area contributed by atoms with E-state index in [0.717, 1.165) is 18.0 Å². The van der Waals surface area contributed by atoms with Crippen molar-refractivity contribution in [2.45, 2.75) is 76.4 Å². The maximum atomic E-state index is 3.87. The molecule has 1 heterocycles. The predicted octanol–water partition coefficient (Wildman–Crippen LogP) is 2.78. The summed E-state index contributed by atoms with van der Waals surface area (Å²) >= 11 is 0. The lowest BCUT2D eigenvalue weighted by Crippen LogP contribution is -2.65. The zero-order chi connectivity index (χ0) is 11.9. The van der Waals surface area contributed by atoms with Gasteiger partial charge in [-0.25, -0.2) is 0 Å². The van der Waals surface area contributed by atoms with Gasteiger partial charge < -0.3 is 5.32 Å². The van der Waals surface area contributed by atoms with Crippen molar-refractivity contribution in [2.75, 3.05) is 13.1 Å². The largest absolute Gasteiger partial charge is 0.308 e. The Kier molecular flexibility index (Phi) is 3.20. The molecule has 3 rings (SSSR count). The highest BCUT2D eigenvalue weighted by molar-refractivity contribution is 5.05. The van der Waals surface area contributed by atoms with Gasteiger partial charge in [-0.3, -0.25) is 4.90 Å². The van der Waals surface area contributed by atoms with Crippen LogP contribution in [0.25, 0.3) is 0 Å². The van der Waals surface area contributed by atoms with Crippen molar-refractivity contribution in [2.24, 2.45) is 5.92 Å². The van der Waals surface area contributed by atoms with Crippen LogP contribution in [0.3, 0.4) is 0 Å². The minimum Gasteiger partial charge on any atom is -0.308 e. The Morgan fingerprint density at radius 3 is 2.47 bits per heavy atom. The lowest BCUT2D eigenvalue weighted by Gasteiger charge is -2.49. The summed E-state index contributed by atoms with van der Waals surface area (Å²) in [5.74, 6) is 0.962. The third kappa shape index (κ3) is 2.26. The van der Waals surface area contributed by atoms with Gasteiger partial charge in [-0.15, -0.1) is 0 Å². The summed E-state index contributed by atoms with van der Waals surface area (Å²) in [6.45, 7) is 7.35. The molecule has 0 radical (unpaired) electrons. The average molecular weight is 236 g/mol. The van der Waals surface area contributed by atoms with E-state index >= 15 is 0 Å². The Balaban J connectivity index is 1.71. The van der Waals surface area contributed by atoms with Crippen LogP contribution in [0.5, 0.6) is 0 Å². The molecule has 2 aliphatic carbocycles. The average Bonchev–Trinajstić information content (AvgIpc) is 3.06. The van der Waals surface area contributed by atoms with E-state index in [4.69, 9.17) is 0 Å². The van der Waals surface area contributed by atoms with E-state index in [1.807, 2.05) is 0 Å². The van der Waals surface area contributed by atoms with E-state index in [1.165, 1.54) is 58.0 Å². The Morgan fingerprint density at radius 1 is 1.18 bits per heavy atom. The fourth-order valence-electron chi connectivity index (χ4n) is 4.07. The SMILES string of the molecule is CCC1CNC(C)(C2CC2)CN1C1CCCC1. The first-order valence-corrected chi connectivity index (χ1v) is 7.74. The molecule has 2 unspecified atom stereocenters. The standard InChI is InChI=1S/C15H28N2/c1-3-13-10-16-15(2,12-8-9-12)11-17(13)14-6-4-5-7-14/h12-14,16H,3-11H2,1-2H3. The van der Waals surface area contributed by atoms with Crippen molar-refractivity contribution in [3.05, 3.63) is 0 Å². The summed E-state index contributed by atoms with van der Waals surface area (Å²) in [5, 5.41) is 3.87. The van der Waals surface area contributed by atoms with Crippen molar-refractivity contribution in [3.8, 4) is 0 Å². The molecule has 0 aromatic rings. The molecule has 98 valence electrons. The molecule has 0 amide bonds. The van der Waals surface area contributed by atoms with Crippen LogP contribution in [0.1, 0.15) is 58.8 Å². The zero-order valence-electron chi connectivity index (χ0n) is 11.5. The molecule has 0 spiro atoms. The molecule has 2 saturated carbocycles. The molecule has 3 fully saturated rings. The Bertz CT molecular complexity index is 266. The zero-order valence-corrected chi connectivity index (χ0v) is 11.5. The second kappa shape index (κ2) is 4.55. The summed E-state index contributed by atoms with van der Waals surface area (Å²) in [6, 6.07) is 1.70. The molecule has 0 aromatic heterocycles. The third-order valence-electron chi connectivity index (χ3n) is 5.46. The van der Waals surface area contributed by atoms with Crippen molar-refractivity contribution >= 4 is 0 Å². The van der Waals surface area contributed by atoms with Gasteiger partial charge in [-0.05, 0) is 44.9 Å². The summed E-state index contributed by atoms with van der Waals surface area (Å²) in [4.78, 5) is 2.88. The Morgan fingerprint density at radius 2 is 1.88 bits per heavy atom. The molecule has 0 aromatic carbocycles. The van der Waals surface area contributed by atoms with Crippen molar-refractivity contribution in [1.82, 2.24) is 10.2 Å². The van der Waals surface area contributed by atoms with Crippen LogP contribution in [0.2, 0.25) is 0 Å². The van der Waals surface area contributed by atoms with Gasteiger partial charge in [0.2, 0.25) is 0 Å². The summed E-state index contributed by atoms with van der Waals surface area (Å²) < 4.78 is 0. The summed E-state index contributed by atoms with van der Waals surface area (Å²) in [5.41, 5.74) is 0.425. The lowest BCUT2D eigenvalue weighted by atomic mass is 9.89. The van der Waals surface area contributed by atoms with Gasteiger partial charge in [0.1, 0.15) is 0 Å². The van der Waals surface area contributed by atoms with Gasteiger partial charge in [0.05, 0.1) is 0 Å². The van der Waals surface area contributed by atoms with Crippen molar-refractivity contribution in [3.63, 3.8) is 0 Å². The van der Waals surface area contributed by atoms with Gasteiger partial charge >= 0.3 is 0 Å². The van der Waals surface area contributed by atoms with E-state index in [0.29, 0.717) is 5.54 Å². The number of nitrogens with zero attached hydrogens (tertiary/aromatic N) is 1. The minimum atomic E-state index is 0.425. The topological polar surface area (TPSA) is 15.3 Å². The molecule has 1 N–H and O–H groups in total. The van der Waals surface area contributed by atoms with Crippen LogP contribution in [0.4, 0.5) is 0 Å². The second-order valence-corrected chi connectivity index (χ2v) is 6.75. The van der Waals surface area contributed by atoms with Gasteiger partial charge in [0.25, 0.3) is 0 Å². The van der Waals surface area contributed by atoms with E-state index in [-0.39, 0.29) is 0 Å². The molecule has 1 aliphatic heterocycles. The van der Waals surface area contributed by atoms with Crippen LogP contribution >= 0.6 is 0 Å². The summed E-state index contributed by atoms with van der Waals surface area (Å²) in [6.07, 6.45) is 10.1. The molecule has 1 saturated heterocycles. The van der Waals surface area contributed by atoms with Crippen LogP contribution in [0.15, 0.2) is 0 Å². The van der Waals surface area contributed by atoms with E-state index in [2.05, 4.69) is 24.1 Å². The minimum absolute atomic E-state index is 0.425. The number of nitrogens with one attached hydrogen (secondary N) is 1. The third-order valence-corrected chi connectivity index (χ3v) is 5.46. The summed E-state index contributed by atoms with van der Waals surface area (Å²) in [7, 11) is 0. The van der Waals surface area contributed by atoms with Crippen LogP contribution in [0, 0.1) is 5.92 Å². The molecule has 0 bridgehead atoms. The molecule has 2 atom stereocenters. The highest BCUT2D eigenvalue weighted by Crippen LogP contribution is 2.42. The van der Waals surface area contributed by atoms with Gasteiger partial charge in [-0.2, -0.15) is 0 Å². The lowest BCUT2D eigenvalue weighted by molar-refractivity contribution is 0.0385. The van der Waals surface area contributed by atoms with Gasteiger partial charge in [0.15, 0.2) is 0 Å². The first-order chi connectivity index (χ1) is 8.23. The quantitative estimate of drug-likeness (QED) is 0.810. The van der Waals surface area contributed by atoms with E-state index < -0.39 is 0 Å². The fourth-order valence-corrected chi connectivity index (χ4v) is 4.07. The fraction of sp³-hybridized carbons (Fsp3) is 1.00. The van der Waals surface area contributed by atoms with Crippen molar-refractivity contribution < 1.29 is 0 Å². The van der Waals surface area contributed by atoms with Crippen molar-refractivity contribution in [1.29, 1.82) is 0 Å². The molecule has 2 heteroatoms. The number of piperazine rings is 1. The maximum Gasteiger partial charge on any atom is 0.0309 e. The normalized spacial score (nSPS) is 40.9. The van der Waals surface area contributed by atoms with Gasteiger partial charge in [-0.1, -0.05) is 19.8 Å². The first-order valence-electron chi connectivity index (χ1n) is 7.74. The number of hydrogen-bond donors (Lipinski definition) is 1. The molecular weight excluding hydrogens is 208 g/mol. The monoisotopic (exact) mass is 236 g/mol. The first kappa shape index (κ1) is 12.0.